The Morgan fingerprint density at radius 2 is 2.12 bits per heavy atom. The molecule has 2 heterocycles. The number of fused-ring (bicyclic) bond motifs is 1. The van der Waals surface area contributed by atoms with E-state index in [0.29, 0.717) is 13.0 Å². The van der Waals surface area contributed by atoms with E-state index in [1.165, 1.54) is 27.8 Å². The summed E-state index contributed by atoms with van der Waals surface area (Å²) in [5.74, 6) is -1.00. The van der Waals surface area contributed by atoms with Crippen LogP contribution in [0, 0.1) is 0 Å². The maximum Gasteiger partial charge on any atom is 0.355 e. The predicted molar refractivity (Wildman–Crippen MR) is 95.8 cm³/mol. The number of carboxylic acids is 1. The second-order valence-electron chi connectivity index (χ2n) is 6.02. The summed E-state index contributed by atoms with van der Waals surface area (Å²) in [4.78, 5) is 29.7. The number of amides is 1. The lowest BCUT2D eigenvalue weighted by Gasteiger charge is -2.35. The number of nitrogens with one attached hydrogen (secondary N) is 1. The Balaban J connectivity index is 1.57. The predicted octanol–water partition coefficient (Wildman–Crippen LogP) is 1.95. The van der Waals surface area contributed by atoms with Gasteiger partial charge in [0, 0.05) is 24.9 Å². The first kappa shape index (κ1) is 17.6. The summed E-state index contributed by atoms with van der Waals surface area (Å²) in [5.41, 5.74) is 2.59. The lowest BCUT2D eigenvalue weighted by molar-refractivity contribution is -0.126. The van der Waals surface area contributed by atoms with Crippen molar-refractivity contribution in [2.75, 3.05) is 13.1 Å². The summed E-state index contributed by atoms with van der Waals surface area (Å²) in [7, 11) is 0. The number of benzene rings is 1. The van der Waals surface area contributed by atoms with Gasteiger partial charge in [-0.1, -0.05) is 31.2 Å². The summed E-state index contributed by atoms with van der Waals surface area (Å²) < 4.78 is 0. The smallest absolute Gasteiger partial charge is 0.355 e. The molecule has 1 amide bonds. The minimum absolute atomic E-state index is 0.0198. The first-order valence-electron chi connectivity index (χ1n) is 8.34. The maximum atomic E-state index is 12.6. The Morgan fingerprint density at radius 3 is 2.80 bits per heavy atom. The highest BCUT2D eigenvalue weighted by Crippen LogP contribution is 2.23. The molecule has 25 heavy (non-hydrogen) atoms. The zero-order chi connectivity index (χ0) is 17.8. The van der Waals surface area contributed by atoms with Crippen molar-refractivity contribution in [1.29, 1.82) is 0 Å². The molecule has 2 aromatic rings. The number of hydrogen-bond acceptors (Lipinski definition) is 5. The van der Waals surface area contributed by atoms with Crippen LogP contribution in [0.4, 0.5) is 0 Å². The van der Waals surface area contributed by atoms with Gasteiger partial charge in [-0.05, 0) is 24.1 Å². The molecule has 0 spiro atoms. The number of nitrogens with zero attached hydrogens (tertiary/aromatic N) is 2. The van der Waals surface area contributed by atoms with Crippen molar-refractivity contribution < 1.29 is 14.7 Å². The van der Waals surface area contributed by atoms with Crippen molar-refractivity contribution in [3.05, 3.63) is 51.5 Å². The van der Waals surface area contributed by atoms with E-state index in [0.717, 1.165) is 24.5 Å². The summed E-state index contributed by atoms with van der Waals surface area (Å²) >= 11 is 1.31. The third-order valence-electron chi connectivity index (χ3n) is 4.46. The molecule has 1 unspecified atom stereocenters. The third-order valence-corrected chi connectivity index (χ3v) is 5.37. The number of thiazole rings is 1. The van der Waals surface area contributed by atoms with Crippen molar-refractivity contribution in [1.82, 2.24) is 15.2 Å². The topological polar surface area (TPSA) is 82.5 Å². The van der Waals surface area contributed by atoms with Crippen LogP contribution in [0.2, 0.25) is 0 Å². The van der Waals surface area contributed by atoms with Crippen LogP contribution in [-0.2, 0) is 24.2 Å². The number of rotatable bonds is 6. The SMILES string of the molecule is CCN1Cc2ccccc2CC1C(=O)NCCc1nc(C(=O)O)cs1. The van der Waals surface area contributed by atoms with Gasteiger partial charge in [0.2, 0.25) is 5.91 Å². The highest BCUT2D eigenvalue weighted by atomic mass is 32.1. The van der Waals surface area contributed by atoms with Crippen LogP contribution < -0.4 is 5.32 Å². The second-order valence-corrected chi connectivity index (χ2v) is 6.97. The highest BCUT2D eigenvalue weighted by molar-refractivity contribution is 7.09. The molecule has 6 nitrogen and oxygen atoms in total. The summed E-state index contributed by atoms with van der Waals surface area (Å²) in [5, 5.41) is 14.1. The maximum absolute atomic E-state index is 12.6. The van der Waals surface area contributed by atoms with E-state index < -0.39 is 5.97 Å². The van der Waals surface area contributed by atoms with E-state index in [1.807, 2.05) is 12.1 Å². The largest absolute Gasteiger partial charge is 0.476 e. The number of hydrogen-bond donors (Lipinski definition) is 2. The zero-order valence-corrected chi connectivity index (χ0v) is 14.9. The van der Waals surface area contributed by atoms with Crippen molar-refractivity contribution >= 4 is 23.2 Å². The molecule has 3 rings (SSSR count). The van der Waals surface area contributed by atoms with E-state index in [1.54, 1.807) is 0 Å². The van der Waals surface area contributed by atoms with E-state index >= 15 is 0 Å². The van der Waals surface area contributed by atoms with Gasteiger partial charge in [-0.2, -0.15) is 0 Å². The molecule has 0 fully saturated rings. The fraction of sp³-hybridized carbons (Fsp3) is 0.389. The van der Waals surface area contributed by atoms with Crippen LogP contribution in [0.3, 0.4) is 0 Å². The molecular weight excluding hydrogens is 338 g/mol. The average molecular weight is 359 g/mol. The van der Waals surface area contributed by atoms with Gasteiger partial charge in [0.25, 0.3) is 0 Å². The standard InChI is InChI=1S/C18H21N3O3S/c1-2-21-10-13-6-4-3-5-12(13)9-15(21)17(22)19-8-7-16-20-14(11-25-16)18(23)24/h3-6,11,15H,2,7-10H2,1H3,(H,19,22)(H,23,24). The normalized spacial score (nSPS) is 17.1. The quantitative estimate of drug-likeness (QED) is 0.824. The van der Waals surface area contributed by atoms with Gasteiger partial charge in [0.05, 0.1) is 11.0 Å². The highest BCUT2D eigenvalue weighted by Gasteiger charge is 2.30. The average Bonchev–Trinajstić information content (AvgIpc) is 3.09. The third kappa shape index (κ3) is 4.05. The molecule has 1 atom stereocenters. The van der Waals surface area contributed by atoms with Crippen LogP contribution >= 0.6 is 11.3 Å². The van der Waals surface area contributed by atoms with Gasteiger partial charge in [0.15, 0.2) is 5.69 Å². The molecule has 1 aliphatic rings. The zero-order valence-electron chi connectivity index (χ0n) is 14.1. The number of likely N-dealkylation sites (N-methyl/N-ethyl adjacent to an activating group) is 1. The van der Waals surface area contributed by atoms with E-state index in [-0.39, 0.29) is 17.6 Å². The molecule has 132 valence electrons. The molecule has 0 saturated heterocycles. The van der Waals surface area contributed by atoms with Crippen molar-refractivity contribution in [2.24, 2.45) is 0 Å². The van der Waals surface area contributed by atoms with Crippen molar-refractivity contribution in [3.8, 4) is 0 Å². The Bertz CT molecular complexity index is 774. The summed E-state index contributed by atoms with van der Waals surface area (Å²) in [6.07, 6.45) is 1.26. The van der Waals surface area contributed by atoms with E-state index in [9.17, 15) is 9.59 Å². The molecule has 0 bridgehead atoms. The summed E-state index contributed by atoms with van der Waals surface area (Å²) in [6, 6.07) is 8.09. The molecule has 7 heteroatoms. The van der Waals surface area contributed by atoms with Crippen molar-refractivity contribution in [3.63, 3.8) is 0 Å². The number of aromatic nitrogens is 1. The van der Waals surface area contributed by atoms with Gasteiger partial charge in [-0.15, -0.1) is 11.3 Å². The Morgan fingerprint density at radius 1 is 1.36 bits per heavy atom. The van der Waals surface area contributed by atoms with E-state index in [2.05, 4.69) is 34.3 Å². The van der Waals surface area contributed by atoms with Gasteiger partial charge < -0.3 is 10.4 Å². The fourth-order valence-electron chi connectivity index (χ4n) is 3.10. The molecule has 0 aliphatic carbocycles. The van der Waals surface area contributed by atoms with Gasteiger partial charge in [0.1, 0.15) is 0 Å². The van der Waals surface area contributed by atoms with Crippen LogP contribution in [0.1, 0.15) is 33.5 Å². The van der Waals surface area contributed by atoms with E-state index in [4.69, 9.17) is 5.11 Å². The minimum atomic E-state index is -1.02. The molecule has 2 N–H and O–H groups in total. The van der Waals surface area contributed by atoms with Crippen LogP contribution in [0.5, 0.6) is 0 Å². The van der Waals surface area contributed by atoms with Crippen LogP contribution in [0.25, 0.3) is 0 Å². The lowest BCUT2D eigenvalue weighted by Crippen LogP contribution is -2.50. The van der Waals surface area contributed by atoms with Gasteiger partial charge >= 0.3 is 5.97 Å². The Hall–Kier alpha value is -2.25. The minimum Gasteiger partial charge on any atom is -0.476 e. The molecule has 1 aromatic carbocycles. The number of carbonyl (C=O) groups excluding carboxylic acids is 1. The summed E-state index contributed by atoms with van der Waals surface area (Å²) in [6.45, 7) is 4.14. The monoisotopic (exact) mass is 359 g/mol. The Kier molecular flexibility index (Phi) is 5.45. The fourth-order valence-corrected chi connectivity index (χ4v) is 3.87. The lowest BCUT2D eigenvalue weighted by atomic mass is 9.93. The first-order chi connectivity index (χ1) is 12.1. The second kappa shape index (κ2) is 7.76. The van der Waals surface area contributed by atoms with Crippen molar-refractivity contribution in [2.45, 2.75) is 32.4 Å². The van der Waals surface area contributed by atoms with Crippen LogP contribution in [0.15, 0.2) is 29.6 Å². The van der Waals surface area contributed by atoms with Gasteiger partial charge in [-0.25, -0.2) is 9.78 Å². The molecule has 0 radical (unpaired) electrons. The number of aromatic carboxylic acids is 1. The number of carboxylic acid groups (broad SMARTS) is 1. The number of carbonyl (C=O) groups is 2. The molecule has 1 aliphatic heterocycles. The molecule has 0 saturated carbocycles. The first-order valence-corrected chi connectivity index (χ1v) is 9.22. The molecule has 1 aromatic heterocycles. The van der Waals surface area contributed by atoms with Gasteiger partial charge in [-0.3, -0.25) is 9.69 Å². The van der Waals surface area contributed by atoms with Crippen LogP contribution in [-0.4, -0.2) is 46.0 Å². The molecular formula is C18H21N3O3S. The Labute approximate surface area is 150 Å².